The van der Waals surface area contributed by atoms with Crippen LogP contribution in [0.3, 0.4) is 0 Å². The first-order chi connectivity index (χ1) is 12.6. The molecule has 6 heteroatoms. The van der Waals surface area contributed by atoms with E-state index in [-0.39, 0.29) is 5.91 Å². The summed E-state index contributed by atoms with van der Waals surface area (Å²) in [5.41, 5.74) is 3.34. The van der Waals surface area contributed by atoms with E-state index in [9.17, 15) is 4.79 Å². The molecule has 1 saturated heterocycles. The number of nitrogens with zero attached hydrogens (tertiary/aromatic N) is 4. The first kappa shape index (κ1) is 18.7. The molecule has 0 saturated carbocycles. The van der Waals surface area contributed by atoms with Crippen molar-refractivity contribution in [1.29, 1.82) is 0 Å². The molecule has 3 rings (SSSR count). The number of hydrogen-bond acceptors (Lipinski definition) is 3. The van der Waals surface area contributed by atoms with Crippen molar-refractivity contribution in [3.63, 3.8) is 0 Å². The van der Waals surface area contributed by atoms with Crippen LogP contribution in [0.5, 0.6) is 0 Å². The van der Waals surface area contributed by atoms with Crippen LogP contribution in [-0.2, 0) is 17.9 Å². The second-order valence-corrected chi connectivity index (χ2v) is 7.00. The fourth-order valence-electron chi connectivity index (χ4n) is 3.18. The van der Waals surface area contributed by atoms with Crippen LogP contribution < -0.4 is 0 Å². The van der Waals surface area contributed by atoms with Gasteiger partial charge in [-0.15, -0.1) is 0 Å². The van der Waals surface area contributed by atoms with Gasteiger partial charge in [0.15, 0.2) is 0 Å². The SMILES string of the molecule is CCn1ncc(/C=C/C(=O)N2CCN(Cc3ccc(Cl)cc3)CC2)c1C. The van der Waals surface area contributed by atoms with Crippen molar-refractivity contribution >= 4 is 23.6 Å². The van der Waals surface area contributed by atoms with Gasteiger partial charge in [0.1, 0.15) is 0 Å². The topological polar surface area (TPSA) is 41.4 Å². The number of aryl methyl sites for hydroxylation is 1. The number of piperazine rings is 1. The molecule has 1 aromatic heterocycles. The van der Waals surface area contributed by atoms with Crippen LogP contribution >= 0.6 is 11.6 Å². The van der Waals surface area contributed by atoms with Gasteiger partial charge in [0.2, 0.25) is 5.91 Å². The van der Waals surface area contributed by atoms with Crippen LogP contribution in [0.2, 0.25) is 5.02 Å². The lowest BCUT2D eigenvalue weighted by atomic mass is 10.2. The Labute approximate surface area is 159 Å². The molecule has 0 unspecified atom stereocenters. The van der Waals surface area contributed by atoms with Gasteiger partial charge in [-0.3, -0.25) is 14.4 Å². The van der Waals surface area contributed by atoms with Gasteiger partial charge in [-0.2, -0.15) is 5.10 Å². The van der Waals surface area contributed by atoms with Crippen LogP contribution in [0.1, 0.15) is 23.7 Å². The van der Waals surface area contributed by atoms with Gasteiger partial charge in [0.25, 0.3) is 0 Å². The Morgan fingerprint density at radius 1 is 1.19 bits per heavy atom. The molecule has 0 spiro atoms. The monoisotopic (exact) mass is 372 g/mol. The van der Waals surface area contributed by atoms with Gasteiger partial charge >= 0.3 is 0 Å². The molecule has 1 amide bonds. The van der Waals surface area contributed by atoms with Crippen LogP contribution in [-0.4, -0.2) is 51.7 Å². The second-order valence-electron chi connectivity index (χ2n) is 6.56. The highest BCUT2D eigenvalue weighted by molar-refractivity contribution is 6.30. The van der Waals surface area contributed by atoms with Crippen molar-refractivity contribution in [2.45, 2.75) is 26.9 Å². The molecule has 1 aliphatic heterocycles. The molecular weight excluding hydrogens is 348 g/mol. The molecule has 138 valence electrons. The molecule has 2 heterocycles. The predicted octanol–water partition coefficient (Wildman–Crippen LogP) is 3.22. The smallest absolute Gasteiger partial charge is 0.246 e. The van der Waals surface area contributed by atoms with Crippen LogP contribution in [0.25, 0.3) is 6.08 Å². The van der Waals surface area contributed by atoms with Gasteiger partial charge in [0.05, 0.1) is 6.20 Å². The van der Waals surface area contributed by atoms with Crippen molar-refractivity contribution in [2.24, 2.45) is 0 Å². The van der Waals surface area contributed by atoms with E-state index in [1.54, 1.807) is 6.08 Å². The number of amides is 1. The van der Waals surface area contributed by atoms with E-state index in [0.717, 1.165) is 55.5 Å². The molecule has 1 aliphatic rings. The highest BCUT2D eigenvalue weighted by Gasteiger charge is 2.19. The number of carbonyl (C=O) groups excluding carboxylic acids is 1. The number of aromatic nitrogens is 2. The molecule has 0 N–H and O–H groups in total. The minimum absolute atomic E-state index is 0.0693. The molecular formula is C20H25ClN4O. The van der Waals surface area contributed by atoms with Crippen LogP contribution in [0, 0.1) is 6.92 Å². The van der Waals surface area contributed by atoms with Gasteiger partial charge in [-0.25, -0.2) is 0 Å². The Kier molecular flexibility index (Phi) is 6.12. The van der Waals surface area contributed by atoms with Crippen molar-refractivity contribution in [3.05, 3.63) is 58.4 Å². The number of halogens is 1. The lowest BCUT2D eigenvalue weighted by molar-refractivity contribution is -0.127. The molecule has 26 heavy (non-hydrogen) atoms. The summed E-state index contributed by atoms with van der Waals surface area (Å²) in [6, 6.07) is 7.96. The zero-order valence-corrected chi connectivity index (χ0v) is 16.1. The zero-order chi connectivity index (χ0) is 18.5. The van der Waals surface area contributed by atoms with Crippen molar-refractivity contribution in [3.8, 4) is 0 Å². The summed E-state index contributed by atoms with van der Waals surface area (Å²) in [7, 11) is 0. The van der Waals surface area contributed by atoms with E-state index in [1.807, 2.05) is 40.9 Å². The number of rotatable bonds is 5. The summed E-state index contributed by atoms with van der Waals surface area (Å²) >= 11 is 5.93. The molecule has 0 aliphatic carbocycles. The Hall–Kier alpha value is -2.11. The average molecular weight is 373 g/mol. The molecule has 1 aromatic carbocycles. The molecule has 0 radical (unpaired) electrons. The van der Waals surface area contributed by atoms with E-state index >= 15 is 0 Å². The second kappa shape index (κ2) is 8.52. The molecule has 0 bridgehead atoms. The zero-order valence-electron chi connectivity index (χ0n) is 15.4. The van der Waals surface area contributed by atoms with E-state index < -0.39 is 0 Å². The quantitative estimate of drug-likeness (QED) is 0.757. The summed E-state index contributed by atoms with van der Waals surface area (Å²) in [6.07, 6.45) is 5.35. The first-order valence-corrected chi connectivity index (χ1v) is 9.41. The summed E-state index contributed by atoms with van der Waals surface area (Å²) in [4.78, 5) is 16.7. The Morgan fingerprint density at radius 2 is 1.88 bits per heavy atom. The minimum Gasteiger partial charge on any atom is -0.337 e. The fourth-order valence-corrected chi connectivity index (χ4v) is 3.31. The summed E-state index contributed by atoms with van der Waals surface area (Å²) in [5.74, 6) is 0.0693. The first-order valence-electron chi connectivity index (χ1n) is 9.03. The Balaban J connectivity index is 1.50. The summed E-state index contributed by atoms with van der Waals surface area (Å²) < 4.78 is 1.93. The maximum Gasteiger partial charge on any atom is 0.246 e. The number of hydrogen-bond donors (Lipinski definition) is 0. The third-order valence-corrected chi connectivity index (χ3v) is 5.10. The molecule has 0 atom stereocenters. The normalized spacial score (nSPS) is 15.7. The lowest BCUT2D eigenvalue weighted by Crippen LogP contribution is -2.47. The standard InChI is InChI=1S/C20H25ClN4O/c1-3-25-16(2)18(14-22-25)6-9-20(26)24-12-10-23(11-13-24)15-17-4-7-19(21)8-5-17/h4-9,14H,3,10-13,15H2,1-2H3/b9-6+. The maximum absolute atomic E-state index is 12.4. The van der Waals surface area contributed by atoms with Crippen LogP contribution in [0.4, 0.5) is 0 Å². The van der Waals surface area contributed by atoms with E-state index in [1.165, 1.54) is 5.56 Å². The van der Waals surface area contributed by atoms with Gasteiger partial charge in [-0.1, -0.05) is 23.7 Å². The lowest BCUT2D eigenvalue weighted by Gasteiger charge is -2.34. The third-order valence-electron chi connectivity index (χ3n) is 4.85. The average Bonchev–Trinajstić information content (AvgIpc) is 3.02. The third kappa shape index (κ3) is 4.54. The van der Waals surface area contributed by atoms with Gasteiger partial charge < -0.3 is 4.90 Å². The van der Waals surface area contributed by atoms with E-state index in [2.05, 4.69) is 29.1 Å². The maximum atomic E-state index is 12.4. The van der Waals surface area contributed by atoms with Crippen LogP contribution in [0.15, 0.2) is 36.5 Å². The van der Waals surface area contributed by atoms with Crippen molar-refractivity contribution in [1.82, 2.24) is 19.6 Å². The summed E-state index contributed by atoms with van der Waals surface area (Å²) in [5, 5.41) is 5.07. The Bertz CT molecular complexity index is 774. The predicted molar refractivity (Wildman–Crippen MR) is 105 cm³/mol. The highest BCUT2D eigenvalue weighted by Crippen LogP contribution is 2.14. The number of benzene rings is 1. The highest BCUT2D eigenvalue weighted by atomic mass is 35.5. The minimum atomic E-state index is 0.0693. The summed E-state index contributed by atoms with van der Waals surface area (Å²) in [6.45, 7) is 9.09. The van der Waals surface area contributed by atoms with Gasteiger partial charge in [0, 0.05) is 61.6 Å². The molecule has 1 fully saturated rings. The van der Waals surface area contributed by atoms with E-state index in [4.69, 9.17) is 11.6 Å². The molecule has 2 aromatic rings. The molecule has 5 nitrogen and oxygen atoms in total. The largest absolute Gasteiger partial charge is 0.337 e. The van der Waals surface area contributed by atoms with Gasteiger partial charge in [-0.05, 0) is 37.6 Å². The Morgan fingerprint density at radius 3 is 2.50 bits per heavy atom. The van der Waals surface area contributed by atoms with E-state index in [0.29, 0.717) is 0 Å². The fraction of sp³-hybridized carbons (Fsp3) is 0.400. The number of carbonyl (C=O) groups is 1. The van der Waals surface area contributed by atoms with Crippen molar-refractivity contribution < 1.29 is 4.79 Å². The van der Waals surface area contributed by atoms with Crippen molar-refractivity contribution in [2.75, 3.05) is 26.2 Å².